The Morgan fingerprint density at radius 1 is 1.29 bits per heavy atom. The molecule has 6 nitrogen and oxygen atoms in total. The molecule has 5 rings (SSSR count). The van der Waals surface area contributed by atoms with E-state index in [1.807, 2.05) is 31.2 Å². The van der Waals surface area contributed by atoms with Crippen molar-refractivity contribution < 1.29 is 14.0 Å². The molecule has 2 aromatic heterocycles. The van der Waals surface area contributed by atoms with Gasteiger partial charge in [-0.05, 0) is 74.3 Å². The number of rotatable bonds is 4. The Hall–Kier alpha value is -3.41. The van der Waals surface area contributed by atoms with Gasteiger partial charge in [0.05, 0.1) is 12.0 Å². The maximum absolute atomic E-state index is 12.8. The number of amides is 2. The molecule has 1 aliphatic carbocycles. The minimum absolute atomic E-state index is 0.108. The highest BCUT2D eigenvalue weighted by Crippen LogP contribution is 2.45. The van der Waals surface area contributed by atoms with E-state index < -0.39 is 0 Å². The monoisotopic (exact) mass is 457 g/mol. The Morgan fingerprint density at radius 3 is 2.82 bits per heavy atom. The lowest BCUT2D eigenvalue weighted by molar-refractivity contribution is -0.128. The first-order chi connectivity index (χ1) is 16.3. The summed E-state index contributed by atoms with van der Waals surface area (Å²) in [6.45, 7) is 4.68. The van der Waals surface area contributed by atoms with E-state index >= 15 is 0 Å². The van der Waals surface area contributed by atoms with Gasteiger partial charge in [0.25, 0.3) is 0 Å². The number of aryl methyl sites for hydroxylation is 1. The van der Waals surface area contributed by atoms with Crippen LogP contribution in [0.25, 0.3) is 17.0 Å². The molecule has 34 heavy (non-hydrogen) atoms. The summed E-state index contributed by atoms with van der Waals surface area (Å²) in [5.41, 5.74) is 3.49. The van der Waals surface area contributed by atoms with Crippen LogP contribution < -0.4 is 5.32 Å². The second-order valence-electron chi connectivity index (χ2n) is 10.0. The van der Waals surface area contributed by atoms with Crippen molar-refractivity contribution in [1.82, 2.24) is 9.88 Å². The molecule has 0 saturated heterocycles. The summed E-state index contributed by atoms with van der Waals surface area (Å²) >= 11 is 0. The summed E-state index contributed by atoms with van der Waals surface area (Å²) in [6.07, 6.45) is 9.79. The Labute approximate surface area is 200 Å². The van der Waals surface area contributed by atoms with Gasteiger partial charge in [0.15, 0.2) is 0 Å². The molecule has 0 atom stereocenters. The average molecular weight is 458 g/mol. The molecule has 0 unspecified atom stereocenters. The molecule has 1 saturated carbocycles. The molecule has 2 aliphatic rings. The van der Waals surface area contributed by atoms with Gasteiger partial charge in [-0.15, -0.1) is 0 Å². The second kappa shape index (κ2) is 8.75. The summed E-state index contributed by atoms with van der Waals surface area (Å²) in [7, 11) is 1.77. The number of hydrogen-bond donors (Lipinski definition) is 1. The number of benzene rings is 1. The number of nitrogens with one attached hydrogen (secondary N) is 1. The summed E-state index contributed by atoms with van der Waals surface area (Å²) in [5.74, 6) is 2.13. The lowest BCUT2D eigenvalue weighted by atomic mass is 9.66. The van der Waals surface area contributed by atoms with Crippen molar-refractivity contribution >= 4 is 34.7 Å². The number of fused-ring (bicyclic) bond motifs is 2. The van der Waals surface area contributed by atoms with Gasteiger partial charge in [-0.25, -0.2) is 4.98 Å². The lowest BCUT2D eigenvalue weighted by Gasteiger charge is -2.41. The first kappa shape index (κ1) is 22.4. The molecule has 6 heteroatoms. The molecule has 1 N–H and O–H groups in total. The highest BCUT2D eigenvalue weighted by Gasteiger charge is 2.44. The van der Waals surface area contributed by atoms with Crippen LogP contribution in [0.2, 0.25) is 0 Å². The molecule has 0 radical (unpaired) electrons. The Morgan fingerprint density at radius 2 is 2.06 bits per heavy atom. The van der Waals surface area contributed by atoms with Gasteiger partial charge in [0.2, 0.25) is 11.8 Å². The van der Waals surface area contributed by atoms with E-state index in [2.05, 4.69) is 23.3 Å². The average Bonchev–Trinajstić information content (AvgIpc) is 3.15. The van der Waals surface area contributed by atoms with E-state index in [-0.39, 0.29) is 17.2 Å². The summed E-state index contributed by atoms with van der Waals surface area (Å²) in [4.78, 5) is 31.7. The molecule has 1 aromatic carbocycles. The van der Waals surface area contributed by atoms with E-state index in [0.29, 0.717) is 18.3 Å². The van der Waals surface area contributed by atoms with Gasteiger partial charge < -0.3 is 14.6 Å². The SMILES string of the molecule is Cc1c(CN(C)C(=O)/C=C/c2cnc3c(c2)CC2(CCC(C)CC2)C(=O)N3)oc2ccccc12. The number of carbonyl (C=O) groups is 2. The number of hydrogen-bond acceptors (Lipinski definition) is 4. The van der Waals surface area contributed by atoms with E-state index in [1.165, 1.54) is 0 Å². The fourth-order valence-electron chi connectivity index (χ4n) is 5.23. The number of nitrogens with zero attached hydrogens (tertiary/aromatic N) is 2. The van der Waals surface area contributed by atoms with Crippen LogP contribution in [0.15, 0.2) is 47.0 Å². The number of aromatic nitrogens is 1. The molecule has 3 heterocycles. The van der Waals surface area contributed by atoms with Gasteiger partial charge >= 0.3 is 0 Å². The normalized spacial score (nSPS) is 22.2. The van der Waals surface area contributed by atoms with Gasteiger partial charge in [0.1, 0.15) is 17.2 Å². The third-order valence-corrected chi connectivity index (χ3v) is 7.58. The highest BCUT2D eigenvalue weighted by atomic mass is 16.3. The van der Waals surface area contributed by atoms with Gasteiger partial charge in [-0.1, -0.05) is 25.1 Å². The quantitative estimate of drug-likeness (QED) is 0.525. The minimum Gasteiger partial charge on any atom is -0.459 e. The molecule has 0 bridgehead atoms. The third kappa shape index (κ3) is 4.13. The van der Waals surface area contributed by atoms with Gasteiger partial charge in [-0.3, -0.25) is 9.59 Å². The summed E-state index contributed by atoms with van der Waals surface area (Å²) < 4.78 is 5.95. The molecule has 176 valence electrons. The molecule has 2 amide bonds. The van der Waals surface area contributed by atoms with Crippen molar-refractivity contribution in [2.24, 2.45) is 11.3 Å². The Balaban J connectivity index is 1.28. The molecule has 1 spiro atoms. The molecular weight excluding hydrogens is 426 g/mol. The summed E-state index contributed by atoms with van der Waals surface area (Å²) in [6, 6.07) is 9.96. The van der Waals surface area contributed by atoms with E-state index in [9.17, 15) is 9.59 Å². The highest BCUT2D eigenvalue weighted by molar-refractivity contribution is 5.98. The topological polar surface area (TPSA) is 75.4 Å². The number of para-hydroxylation sites is 1. The fraction of sp³-hybridized carbons (Fsp3) is 0.393. The third-order valence-electron chi connectivity index (χ3n) is 7.58. The van der Waals surface area contributed by atoms with E-state index in [4.69, 9.17) is 4.42 Å². The second-order valence-corrected chi connectivity index (χ2v) is 10.0. The zero-order valence-corrected chi connectivity index (χ0v) is 20.1. The van der Waals surface area contributed by atoms with Gasteiger partial charge in [-0.2, -0.15) is 0 Å². The van der Waals surface area contributed by atoms with Crippen LogP contribution in [0.1, 0.15) is 55.1 Å². The van der Waals surface area contributed by atoms with Crippen LogP contribution in [0, 0.1) is 18.3 Å². The molecule has 1 aliphatic heterocycles. The standard InChI is InChI=1S/C28H31N3O3/c1-18-10-12-28(13-11-18)15-21-14-20(16-29-26(21)30-27(28)33)8-9-25(32)31(3)17-24-19(2)22-6-4-5-7-23(22)34-24/h4-9,14,16,18H,10-13,15,17H2,1-3H3,(H,29,30,33)/b9-8+. The van der Waals surface area contributed by atoms with Gasteiger partial charge in [0, 0.05) is 30.3 Å². The Kier molecular flexibility index (Phi) is 5.76. The van der Waals surface area contributed by atoms with Crippen molar-refractivity contribution in [3.63, 3.8) is 0 Å². The molecule has 1 fully saturated rings. The van der Waals surface area contributed by atoms with Crippen LogP contribution in [-0.2, 0) is 22.6 Å². The first-order valence-electron chi connectivity index (χ1n) is 12.1. The largest absolute Gasteiger partial charge is 0.459 e. The fourth-order valence-corrected chi connectivity index (χ4v) is 5.23. The van der Waals surface area contributed by atoms with Crippen molar-refractivity contribution in [3.8, 4) is 0 Å². The van der Waals surface area contributed by atoms with Crippen molar-refractivity contribution in [3.05, 3.63) is 65.1 Å². The van der Waals surface area contributed by atoms with E-state index in [1.54, 1.807) is 30.3 Å². The number of anilines is 1. The Bertz CT molecular complexity index is 1280. The number of carbonyl (C=O) groups excluding carboxylic acids is 2. The zero-order valence-electron chi connectivity index (χ0n) is 20.1. The van der Waals surface area contributed by atoms with Crippen molar-refractivity contribution in [2.45, 2.75) is 52.5 Å². The zero-order chi connectivity index (χ0) is 23.9. The number of likely N-dealkylation sites (N-methyl/N-ethyl adjacent to an activating group) is 1. The number of pyridine rings is 1. The van der Waals surface area contributed by atoms with Crippen LogP contribution >= 0.6 is 0 Å². The number of furan rings is 1. The van der Waals surface area contributed by atoms with Crippen LogP contribution in [0.4, 0.5) is 5.82 Å². The maximum Gasteiger partial charge on any atom is 0.246 e. The van der Waals surface area contributed by atoms with Crippen molar-refractivity contribution in [2.75, 3.05) is 12.4 Å². The molecule has 3 aromatic rings. The van der Waals surface area contributed by atoms with Crippen LogP contribution in [-0.4, -0.2) is 28.7 Å². The lowest BCUT2D eigenvalue weighted by Crippen LogP contribution is -2.44. The minimum atomic E-state index is -0.315. The predicted molar refractivity (Wildman–Crippen MR) is 133 cm³/mol. The van der Waals surface area contributed by atoms with Crippen LogP contribution in [0.5, 0.6) is 0 Å². The molecular formula is C28H31N3O3. The van der Waals surface area contributed by atoms with E-state index in [0.717, 1.165) is 65.5 Å². The first-order valence-corrected chi connectivity index (χ1v) is 12.1. The summed E-state index contributed by atoms with van der Waals surface area (Å²) in [5, 5.41) is 4.10. The predicted octanol–water partition coefficient (Wildman–Crippen LogP) is 5.50. The maximum atomic E-state index is 12.8. The van der Waals surface area contributed by atoms with Crippen LogP contribution in [0.3, 0.4) is 0 Å². The van der Waals surface area contributed by atoms with Crippen molar-refractivity contribution in [1.29, 1.82) is 0 Å². The smallest absolute Gasteiger partial charge is 0.246 e.